The third-order valence-electron chi connectivity index (χ3n) is 5.07. The summed E-state index contributed by atoms with van der Waals surface area (Å²) in [5, 5.41) is 2.99. The molecule has 0 saturated carbocycles. The lowest BCUT2D eigenvalue weighted by Gasteiger charge is -2.17. The van der Waals surface area contributed by atoms with Crippen molar-refractivity contribution in [2.24, 2.45) is 0 Å². The maximum atomic E-state index is 12.7. The lowest BCUT2D eigenvalue weighted by Crippen LogP contribution is -2.22. The summed E-state index contributed by atoms with van der Waals surface area (Å²) in [6, 6.07) is 17.0. The predicted octanol–water partition coefficient (Wildman–Crippen LogP) is 5.90. The zero-order chi connectivity index (χ0) is 24.2. The number of hydrogen-bond donors (Lipinski definition) is 2. The van der Waals surface area contributed by atoms with Crippen LogP contribution in [-0.2, 0) is 14.8 Å². The van der Waals surface area contributed by atoms with E-state index < -0.39 is 10.0 Å². The van der Waals surface area contributed by atoms with E-state index in [1.54, 1.807) is 12.1 Å². The lowest BCUT2D eigenvalue weighted by atomic mass is 9.98. The maximum Gasteiger partial charge on any atom is 0.262 e. The fourth-order valence-corrected chi connectivity index (χ4v) is 4.65. The highest BCUT2D eigenvalue weighted by molar-refractivity contribution is 7.92. The third kappa shape index (κ3) is 6.27. The van der Waals surface area contributed by atoms with E-state index in [4.69, 9.17) is 16.3 Å². The molecule has 0 aliphatic heterocycles. The van der Waals surface area contributed by atoms with Crippen LogP contribution in [0.2, 0.25) is 5.02 Å². The summed E-state index contributed by atoms with van der Waals surface area (Å²) in [4.78, 5) is 12.5. The van der Waals surface area contributed by atoms with Gasteiger partial charge in [0.2, 0.25) is 0 Å². The molecule has 3 aromatic carbocycles. The lowest BCUT2D eigenvalue weighted by molar-refractivity contribution is -0.118. The number of aryl methyl sites for hydroxylation is 2. The van der Waals surface area contributed by atoms with Crippen molar-refractivity contribution < 1.29 is 17.9 Å². The first-order valence-electron chi connectivity index (χ1n) is 10.5. The van der Waals surface area contributed by atoms with Gasteiger partial charge in [-0.25, -0.2) is 8.42 Å². The van der Waals surface area contributed by atoms with Gasteiger partial charge in [0, 0.05) is 11.4 Å². The van der Waals surface area contributed by atoms with Crippen LogP contribution < -0.4 is 14.8 Å². The Labute approximate surface area is 200 Å². The molecule has 0 bridgehead atoms. The van der Waals surface area contributed by atoms with Gasteiger partial charge in [0.25, 0.3) is 15.9 Å². The van der Waals surface area contributed by atoms with Crippen molar-refractivity contribution in [3.63, 3.8) is 0 Å². The fraction of sp³-hybridized carbons (Fsp3) is 0.240. The number of anilines is 2. The minimum absolute atomic E-state index is 0.00800. The predicted molar refractivity (Wildman–Crippen MR) is 133 cm³/mol. The minimum atomic E-state index is -3.82. The van der Waals surface area contributed by atoms with E-state index >= 15 is 0 Å². The number of rotatable bonds is 8. The van der Waals surface area contributed by atoms with Crippen molar-refractivity contribution in [3.8, 4) is 5.75 Å². The first kappa shape index (κ1) is 24.6. The Hall–Kier alpha value is -3.03. The second-order valence-corrected chi connectivity index (χ2v) is 10.2. The van der Waals surface area contributed by atoms with Crippen LogP contribution in [0.3, 0.4) is 0 Å². The van der Waals surface area contributed by atoms with Gasteiger partial charge >= 0.3 is 0 Å². The smallest absolute Gasteiger partial charge is 0.262 e. The van der Waals surface area contributed by atoms with E-state index in [9.17, 15) is 13.2 Å². The number of para-hydroxylation sites is 1. The molecule has 6 nitrogen and oxygen atoms in total. The first-order valence-corrected chi connectivity index (χ1v) is 12.3. The normalized spacial score (nSPS) is 11.3. The molecule has 0 aliphatic rings. The Balaban J connectivity index is 1.67. The average Bonchev–Trinajstić information content (AvgIpc) is 2.75. The van der Waals surface area contributed by atoms with Gasteiger partial charge in [-0.3, -0.25) is 9.52 Å². The zero-order valence-corrected chi connectivity index (χ0v) is 20.5. The number of sulfonamides is 1. The van der Waals surface area contributed by atoms with Crippen molar-refractivity contribution in [1.82, 2.24) is 0 Å². The summed E-state index contributed by atoms with van der Waals surface area (Å²) in [5.41, 5.74) is 4.25. The van der Waals surface area contributed by atoms with Crippen LogP contribution >= 0.6 is 11.6 Å². The highest BCUT2D eigenvalue weighted by Gasteiger charge is 2.18. The Kier molecular flexibility index (Phi) is 7.66. The standard InChI is InChI=1S/C25H27ClN2O4S/c1-16(2)21-7-5-6-18(4)25(21)27-24(29)15-32-23-13-12-20(14-22(23)26)33(30,31)28-19-10-8-17(3)9-11-19/h5-14,16,28H,15H2,1-4H3,(H,27,29). The number of carbonyl (C=O) groups is 1. The molecule has 0 heterocycles. The van der Waals surface area contributed by atoms with Gasteiger partial charge < -0.3 is 10.1 Å². The van der Waals surface area contributed by atoms with E-state index in [1.165, 1.54) is 18.2 Å². The van der Waals surface area contributed by atoms with Crippen LogP contribution in [0, 0.1) is 13.8 Å². The summed E-state index contributed by atoms with van der Waals surface area (Å²) in [6.45, 7) is 7.71. The van der Waals surface area contributed by atoms with Gasteiger partial charge in [-0.1, -0.05) is 61.3 Å². The van der Waals surface area contributed by atoms with E-state index in [0.29, 0.717) is 5.69 Å². The van der Waals surface area contributed by atoms with E-state index in [0.717, 1.165) is 22.4 Å². The van der Waals surface area contributed by atoms with Gasteiger partial charge in [-0.2, -0.15) is 0 Å². The SMILES string of the molecule is Cc1ccc(NS(=O)(=O)c2ccc(OCC(=O)Nc3c(C)cccc3C(C)C)c(Cl)c2)cc1. The molecule has 0 saturated heterocycles. The number of hydrogen-bond acceptors (Lipinski definition) is 4. The summed E-state index contributed by atoms with van der Waals surface area (Å²) in [5.74, 6) is 0.133. The molecule has 0 aliphatic carbocycles. The molecule has 8 heteroatoms. The average molecular weight is 487 g/mol. The van der Waals surface area contributed by atoms with E-state index in [-0.39, 0.29) is 34.1 Å². The van der Waals surface area contributed by atoms with Crippen molar-refractivity contribution in [1.29, 1.82) is 0 Å². The summed E-state index contributed by atoms with van der Waals surface area (Å²) < 4.78 is 33.4. The van der Waals surface area contributed by atoms with Crippen molar-refractivity contribution in [3.05, 3.63) is 82.4 Å². The number of benzene rings is 3. The Morgan fingerprint density at radius 3 is 2.36 bits per heavy atom. The molecule has 3 rings (SSSR count). The number of amides is 1. The summed E-state index contributed by atoms with van der Waals surface area (Å²) in [7, 11) is -3.82. The van der Waals surface area contributed by atoms with E-state index in [2.05, 4.69) is 23.9 Å². The van der Waals surface area contributed by atoms with Crippen molar-refractivity contribution in [2.75, 3.05) is 16.6 Å². The molecular formula is C25H27ClN2O4S. The summed E-state index contributed by atoms with van der Waals surface area (Å²) in [6.07, 6.45) is 0. The number of halogens is 1. The number of carbonyl (C=O) groups excluding carboxylic acids is 1. The second kappa shape index (κ2) is 10.3. The van der Waals surface area contributed by atoms with Crippen LogP contribution in [0.4, 0.5) is 11.4 Å². The van der Waals surface area contributed by atoms with Gasteiger partial charge in [0.05, 0.1) is 9.92 Å². The number of nitrogens with one attached hydrogen (secondary N) is 2. The topological polar surface area (TPSA) is 84.5 Å². The highest BCUT2D eigenvalue weighted by Crippen LogP contribution is 2.29. The van der Waals surface area contributed by atoms with Crippen molar-refractivity contribution >= 4 is 38.9 Å². The molecule has 2 N–H and O–H groups in total. The van der Waals surface area contributed by atoms with Crippen LogP contribution in [0.1, 0.15) is 36.5 Å². The summed E-state index contributed by atoms with van der Waals surface area (Å²) >= 11 is 6.25. The van der Waals surface area contributed by atoms with Gasteiger partial charge in [0.1, 0.15) is 5.75 Å². The van der Waals surface area contributed by atoms with Gasteiger partial charge in [0.15, 0.2) is 6.61 Å². The zero-order valence-electron chi connectivity index (χ0n) is 19.0. The molecule has 0 aromatic heterocycles. The van der Waals surface area contributed by atoms with Crippen LogP contribution in [0.15, 0.2) is 65.6 Å². The molecule has 33 heavy (non-hydrogen) atoms. The second-order valence-electron chi connectivity index (χ2n) is 8.09. The van der Waals surface area contributed by atoms with Crippen LogP contribution in [-0.4, -0.2) is 20.9 Å². The van der Waals surface area contributed by atoms with Crippen LogP contribution in [0.25, 0.3) is 0 Å². The molecule has 1 amide bonds. The maximum absolute atomic E-state index is 12.7. The van der Waals surface area contributed by atoms with Crippen LogP contribution in [0.5, 0.6) is 5.75 Å². The molecule has 3 aromatic rings. The van der Waals surface area contributed by atoms with E-state index in [1.807, 2.05) is 44.2 Å². The Bertz CT molecular complexity index is 1260. The number of ether oxygens (including phenoxy) is 1. The Morgan fingerprint density at radius 2 is 1.73 bits per heavy atom. The molecule has 0 atom stereocenters. The molecular weight excluding hydrogens is 460 g/mol. The van der Waals surface area contributed by atoms with Gasteiger partial charge in [-0.15, -0.1) is 0 Å². The monoisotopic (exact) mass is 486 g/mol. The Morgan fingerprint density at radius 1 is 1.03 bits per heavy atom. The first-order chi connectivity index (χ1) is 15.6. The molecule has 0 unspecified atom stereocenters. The third-order valence-corrected chi connectivity index (χ3v) is 6.74. The molecule has 174 valence electrons. The van der Waals surface area contributed by atoms with Gasteiger partial charge in [-0.05, 0) is 61.2 Å². The molecule has 0 fully saturated rings. The quantitative estimate of drug-likeness (QED) is 0.415. The molecule has 0 radical (unpaired) electrons. The van der Waals surface area contributed by atoms with Crippen molar-refractivity contribution in [2.45, 2.75) is 38.5 Å². The fourth-order valence-electron chi connectivity index (χ4n) is 3.26. The molecule has 0 spiro atoms. The largest absolute Gasteiger partial charge is 0.482 e. The minimum Gasteiger partial charge on any atom is -0.482 e. The highest BCUT2D eigenvalue weighted by atomic mass is 35.5.